The van der Waals surface area contributed by atoms with E-state index in [-0.39, 0.29) is 5.91 Å². The third-order valence-electron chi connectivity index (χ3n) is 4.85. The fourth-order valence-corrected chi connectivity index (χ4v) is 4.42. The molecule has 4 rings (SSSR count). The highest BCUT2D eigenvalue weighted by Gasteiger charge is 2.36. The number of carbonyl (C=O) groups is 1. The van der Waals surface area contributed by atoms with Crippen LogP contribution in [0, 0.1) is 6.92 Å². The van der Waals surface area contributed by atoms with Crippen molar-refractivity contribution < 1.29 is 9.53 Å². The van der Waals surface area contributed by atoms with E-state index in [1.807, 2.05) is 37.3 Å². The van der Waals surface area contributed by atoms with Crippen LogP contribution in [0.2, 0.25) is 5.02 Å². The average Bonchev–Trinajstić information content (AvgIpc) is 3.19. The molecular formula is C24H22ClN3O2S. The maximum absolute atomic E-state index is 13.7. The largest absolute Gasteiger partial charge is 0.478 e. The average molecular weight is 452 g/mol. The number of amides is 1. The van der Waals surface area contributed by atoms with E-state index >= 15 is 0 Å². The molecule has 158 valence electrons. The molecule has 2 heterocycles. The molecule has 2 aromatic carbocycles. The summed E-state index contributed by atoms with van der Waals surface area (Å²) in [5, 5.41) is 1.24. The number of ether oxygens (including phenoxy) is 1. The van der Waals surface area contributed by atoms with Gasteiger partial charge in [0.05, 0.1) is 16.8 Å². The molecule has 0 spiro atoms. The number of carbonyl (C=O) groups excluding carboxylic acids is 1. The third kappa shape index (κ3) is 4.70. The zero-order valence-electron chi connectivity index (χ0n) is 17.5. The number of anilines is 1. The minimum Gasteiger partial charge on any atom is -0.478 e. The minimum absolute atomic E-state index is 0.192. The lowest BCUT2D eigenvalue weighted by molar-refractivity contribution is -0.131. The molecule has 5 nitrogen and oxygen atoms in total. The standard InChI is InChI=1S/C24H22ClN3O2S/c1-16-6-4-8-20-21(16)27-23(31-20)28(15-17-7-5-13-26-14-17)22(29)24(2,3)30-19-11-9-18(25)10-12-19/h4-14H,15H2,1-3H3. The summed E-state index contributed by atoms with van der Waals surface area (Å²) >= 11 is 7.47. The Morgan fingerprint density at radius 1 is 1.13 bits per heavy atom. The Labute approximate surface area is 190 Å². The van der Waals surface area contributed by atoms with Crippen LogP contribution in [0.1, 0.15) is 25.0 Å². The van der Waals surface area contributed by atoms with Gasteiger partial charge in [-0.2, -0.15) is 0 Å². The first kappa shape index (κ1) is 21.3. The summed E-state index contributed by atoms with van der Waals surface area (Å²) in [7, 11) is 0. The molecule has 0 saturated heterocycles. The Balaban J connectivity index is 1.70. The zero-order chi connectivity index (χ0) is 22.0. The molecule has 1 amide bonds. The summed E-state index contributed by atoms with van der Waals surface area (Å²) in [4.78, 5) is 24.4. The van der Waals surface area contributed by atoms with Gasteiger partial charge in [-0.3, -0.25) is 14.7 Å². The van der Waals surface area contributed by atoms with E-state index in [4.69, 9.17) is 21.3 Å². The van der Waals surface area contributed by atoms with Gasteiger partial charge in [-0.15, -0.1) is 0 Å². The van der Waals surface area contributed by atoms with E-state index in [0.29, 0.717) is 22.4 Å². The van der Waals surface area contributed by atoms with Crippen molar-refractivity contribution >= 4 is 44.2 Å². The highest BCUT2D eigenvalue weighted by atomic mass is 35.5. The number of fused-ring (bicyclic) bond motifs is 1. The summed E-state index contributed by atoms with van der Waals surface area (Å²) in [6.45, 7) is 5.89. The van der Waals surface area contributed by atoms with E-state index in [1.165, 1.54) is 11.3 Å². The zero-order valence-corrected chi connectivity index (χ0v) is 19.1. The van der Waals surface area contributed by atoms with Crippen molar-refractivity contribution in [3.05, 3.63) is 83.1 Å². The van der Waals surface area contributed by atoms with Gasteiger partial charge in [0.25, 0.3) is 5.91 Å². The van der Waals surface area contributed by atoms with Crippen LogP contribution in [0.5, 0.6) is 5.75 Å². The molecule has 0 fully saturated rings. The molecule has 0 N–H and O–H groups in total. The van der Waals surface area contributed by atoms with Crippen LogP contribution in [-0.4, -0.2) is 21.5 Å². The number of benzene rings is 2. The normalized spacial score (nSPS) is 11.5. The van der Waals surface area contributed by atoms with Crippen molar-refractivity contribution in [1.29, 1.82) is 0 Å². The number of aromatic nitrogens is 2. The Kier molecular flexibility index (Phi) is 5.94. The lowest BCUT2D eigenvalue weighted by Crippen LogP contribution is -2.48. The summed E-state index contributed by atoms with van der Waals surface area (Å²) in [6, 6.07) is 16.8. The second kappa shape index (κ2) is 8.65. The molecule has 2 aromatic heterocycles. The maximum atomic E-state index is 13.7. The van der Waals surface area contributed by atoms with Gasteiger partial charge in [0.1, 0.15) is 5.75 Å². The number of hydrogen-bond acceptors (Lipinski definition) is 5. The molecule has 0 atom stereocenters. The van der Waals surface area contributed by atoms with Crippen LogP contribution in [0.4, 0.5) is 5.13 Å². The summed E-state index contributed by atoms with van der Waals surface area (Å²) < 4.78 is 7.11. The highest BCUT2D eigenvalue weighted by Crippen LogP contribution is 2.33. The van der Waals surface area contributed by atoms with E-state index in [1.54, 1.807) is 55.4 Å². The number of halogens is 1. The summed E-state index contributed by atoms with van der Waals surface area (Å²) in [5.41, 5.74) is 1.77. The van der Waals surface area contributed by atoms with E-state index in [9.17, 15) is 4.79 Å². The van der Waals surface area contributed by atoms with Crippen molar-refractivity contribution in [3.8, 4) is 5.75 Å². The van der Waals surface area contributed by atoms with Gasteiger partial charge in [0.2, 0.25) is 0 Å². The molecule has 0 aliphatic rings. The Bertz CT molecular complexity index is 1210. The van der Waals surface area contributed by atoms with Gasteiger partial charge in [0, 0.05) is 17.4 Å². The van der Waals surface area contributed by atoms with Crippen molar-refractivity contribution in [3.63, 3.8) is 0 Å². The monoisotopic (exact) mass is 451 g/mol. The summed E-state index contributed by atoms with van der Waals surface area (Å²) in [6.07, 6.45) is 3.47. The molecule has 0 bridgehead atoms. The molecule has 31 heavy (non-hydrogen) atoms. The van der Waals surface area contributed by atoms with Gasteiger partial charge < -0.3 is 4.74 Å². The van der Waals surface area contributed by atoms with Gasteiger partial charge in [-0.1, -0.05) is 41.1 Å². The number of thiazole rings is 1. The third-order valence-corrected chi connectivity index (χ3v) is 6.15. The van der Waals surface area contributed by atoms with Crippen molar-refractivity contribution in [2.45, 2.75) is 32.9 Å². The van der Waals surface area contributed by atoms with Crippen LogP contribution in [0.15, 0.2) is 67.0 Å². The number of hydrogen-bond donors (Lipinski definition) is 0. The predicted octanol–water partition coefficient (Wildman–Crippen LogP) is 6.04. The molecule has 0 unspecified atom stereocenters. The second-order valence-corrected chi connectivity index (χ2v) is 9.18. The molecule has 0 saturated carbocycles. The van der Waals surface area contributed by atoms with Crippen molar-refractivity contribution in [2.75, 3.05) is 4.90 Å². The fraction of sp³-hybridized carbons (Fsp3) is 0.208. The van der Waals surface area contributed by atoms with Gasteiger partial charge in [-0.05, 0) is 68.3 Å². The minimum atomic E-state index is -1.12. The number of nitrogens with zero attached hydrogens (tertiary/aromatic N) is 3. The van der Waals surface area contributed by atoms with Gasteiger partial charge >= 0.3 is 0 Å². The van der Waals surface area contributed by atoms with Crippen LogP contribution < -0.4 is 9.64 Å². The Morgan fingerprint density at radius 2 is 1.90 bits per heavy atom. The van der Waals surface area contributed by atoms with Crippen LogP contribution in [-0.2, 0) is 11.3 Å². The van der Waals surface area contributed by atoms with Gasteiger partial charge in [0.15, 0.2) is 10.7 Å². The van der Waals surface area contributed by atoms with Crippen LogP contribution >= 0.6 is 22.9 Å². The molecular weight excluding hydrogens is 430 g/mol. The second-order valence-electron chi connectivity index (χ2n) is 7.74. The first-order valence-electron chi connectivity index (χ1n) is 9.85. The van der Waals surface area contributed by atoms with E-state index < -0.39 is 5.60 Å². The molecule has 0 radical (unpaired) electrons. The SMILES string of the molecule is Cc1cccc2sc(N(Cc3cccnc3)C(=O)C(C)(C)Oc3ccc(Cl)cc3)nc12. The fourth-order valence-electron chi connectivity index (χ4n) is 3.26. The lowest BCUT2D eigenvalue weighted by Gasteiger charge is -2.31. The first-order valence-corrected chi connectivity index (χ1v) is 11.0. The number of pyridine rings is 1. The van der Waals surface area contributed by atoms with Crippen molar-refractivity contribution in [2.24, 2.45) is 0 Å². The Hall–Kier alpha value is -2.96. The number of para-hydroxylation sites is 1. The van der Waals surface area contributed by atoms with E-state index in [2.05, 4.69) is 4.98 Å². The molecule has 0 aliphatic heterocycles. The topological polar surface area (TPSA) is 55.3 Å². The summed E-state index contributed by atoms with van der Waals surface area (Å²) in [5.74, 6) is 0.382. The number of rotatable bonds is 6. The molecule has 0 aliphatic carbocycles. The molecule has 7 heteroatoms. The predicted molar refractivity (Wildman–Crippen MR) is 126 cm³/mol. The van der Waals surface area contributed by atoms with Gasteiger partial charge in [-0.25, -0.2) is 4.98 Å². The maximum Gasteiger partial charge on any atom is 0.272 e. The quantitative estimate of drug-likeness (QED) is 0.358. The first-order chi connectivity index (χ1) is 14.8. The Morgan fingerprint density at radius 3 is 2.58 bits per heavy atom. The van der Waals surface area contributed by atoms with Crippen LogP contribution in [0.3, 0.4) is 0 Å². The van der Waals surface area contributed by atoms with E-state index in [0.717, 1.165) is 21.3 Å². The van der Waals surface area contributed by atoms with Crippen molar-refractivity contribution in [1.82, 2.24) is 9.97 Å². The van der Waals surface area contributed by atoms with Crippen LogP contribution in [0.25, 0.3) is 10.2 Å². The number of aryl methyl sites for hydroxylation is 1. The highest BCUT2D eigenvalue weighted by molar-refractivity contribution is 7.22. The molecule has 4 aromatic rings. The lowest BCUT2D eigenvalue weighted by atomic mass is 10.1. The smallest absolute Gasteiger partial charge is 0.272 e.